The van der Waals surface area contributed by atoms with Gasteiger partial charge in [0.05, 0.1) is 19.3 Å². The number of nitrogens with one attached hydrogen (secondary N) is 1. The van der Waals surface area contributed by atoms with Gasteiger partial charge in [0.25, 0.3) is 0 Å². The molecule has 0 aliphatic carbocycles. The summed E-state index contributed by atoms with van der Waals surface area (Å²) in [7, 11) is 1.24. The van der Waals surface area contributed by atoms with Crippen molar-refractivity contribution in [2.75, 3.05) is 20.2 Å². The van der Waals surface area contributed by atoms with Gasteiger partial charge in [0.1, 0.15) is 11.9 Å². The summed E-state index contributed by atoms with van der Waals surface area (Å²) in [4.78, 5) is 29.8. The Bertz CT molecular complexity index is 722. The number of terminal acetylenes is 1. The van der Waals surface area contributed by atoms with Crippen molar-refractivity contribution in [1.29, 1.82) is 0 Å². The first kappa shape index (κ1) is 21.0. The minimum absolute atomic E-state index is 0.163. The van der Waals surface area contributed by atoms with Crippen molar-refractivity contribution in [2.24, 2.45) is 10.7 Å². The van der Waals surface area contributed by atoms with E-state index in [1.807, 2.05) is 19.9 Å². The number of hydrogen-bond donors (Lipinski definition) is 2. The van der Waals surface area contributed by atoms with Crippen molar-refractivity contribution in [2.45, 2.75) is 33.2 Å². The monoisotopic (exact) mass is 358 g/mol. The topological polar surface area (TPSA) is 97.0 Å². The van der Waals surface area contributed by atoms with Crippen molar-refractivity contribution < 1.29 is 14.3 Å². The first-order valence-corrected chi connectivity index (χ1v) is 8.35. The second kappa shape index (κ2) is 10.1. The van der Waals surface area contributed by atoms with E-state index in [9.17, 15) is 9.59 Å². The van der Waals surface area contributed by atoms with E-state index in [1.54, 1.807) is 24.0 Å². The molecule has 140 valence electrons. The number of carbonyl (C=O) groups excluding carboxylic acids is 2. The molecule has 1 aromatic carbocycles. The Kier molecular flexibility index (Phi) is 8.16. The molecule has 0 aliphatic rings. The lowest BCUT2D eigenvalue weighted by Crippen LogP contribution is -2.49. The maximum absolute atomic E-state index is 12.5. The number of benzene rings is 1. The number of methoxy groups -OCH3 is 1. The van der Waals surface area contributed by atoms with Crippen LogP contribution < -0.4 is 11.1 Å². The molecule has 7 heteroatoms. The lowest BCUT2D eigenvalue weighted by molar-refractivity contribution is -0.132. The van der Waals surface area contributed by atoms with Gasteiger partial charge in [-0.1, -0.05) is 12.8 Å². The summed E-state index contributed by atoms with van der Waals surface area (Å²) in [5.41, 5.74) is 8.42. The number of nitrogens with zero attached hydrogens (tertiary/aromatic N) is 2. The van der Waals surface area contributed by atoms with Crippen molar-refractivity contribution in [3.05, 3.63) is 29.3 Å². The Hall–Kier alpha value is -3.01. The standard InChI is InChI=1S/C19H26N4O3/c1-6-10-23(18(24)14(4)21-19(25)26-5)12-17(20)22-16-9-8-15(7-2)11-13(16)3/h2,8-9,11,14H,6,10,12H2,1,3-5H3,(H2,20,22)(H,21,25)/t14-/m0/s1. The van der Waals surface area contributed by atoms with Crippen LogP contribution in [0.3, 0.4) is 0 Å². The summed E-state index contributed by atoms with van der Waals surface area (Å²) in [6, 6.07) is 4.71. The van der Waals surface area contributed by atoms with Gasteiger partial charge in [-0.05, 0) is 44.0 Å². The summed E-state index contributed by atoms with van der Waals surface area (Å²) in [6.45, 7) is 6.10. The molecule has 0 saturated carbocycles. The number of rotatable bonds is 7. The molecule has 7 nitrogen and oxygen atoms in total. The van der Waals surface area contributed by atoms with Crippen LogP contribution in [0.2, 0.25) is 0 Å². The van der Waals surface area contributed by atoms with E-state index >= 15 is 0 Å². The van der Waals surface area contributed by atoms with Gasteiger partial charge in [-0.3, -0.25) is 4.79 Å². The van der Waals surface area contributed by atoms with Gasteiger partial charge >= 0.3 is 6.09 Å². The van der Waals surface area contributed by atoms with E-state index in [0.29, 0.717) is 18.1 Å². The minimum Gasteiger partial charge on any atom is -0.453 e. The number of hydrogen-bond acceptors (Lipinski definition) is 4. The van der Waals surface area contributed by atoms with Crippen molar-refractivity contribution in [3.8, 4) is 12.3 Å². The second-order valence-corrected chi connectivity index (χ2v) is 5.87. The summed E-state index contributed by atoms with van der Waals surface area (Å²) < 4.78 is 4.52. The molecule has 1 rings (SSSR count). The third kappa shape index (κ3) is 6.13. The minimum atomic E-state index is -0.724. The molecule has 26 heavy (non-hydrogen) atoms. The number of amidine groups is 1. The van der Waals surface area contributed by atoms with Crippen LogP contribution in [0.4, 0.5) is 10.5 Å². The molecule has 2 amide bonds. The van der Waals surface area contributed by atoms with Crippen LogP contribution in [0.5, 0.6) is 0 Å². The lowest BCUT2D eigenvalue weighted by atomic mass is 10.1. The summed E-state index contributed by atoms with van der Waals surface area (Å²) in [5, 5.41) is 2.46. The Labute approximate surface area is 154 Å². The maximum Gasteiger partial charge on any atom is 0.407 e. The van der Waals surface area contributed by atoms with Gasteiger partial charge < -0.3 is 20.7 Å². The predicted molar refractivity (Wildman–Crippen MR) is 102 cm³/mol. The number of alkyl carbamates (subject to hydrolysis) is 1. The Morgan fingerprint density at radius 3 is 2.69 bits per heavy atom. The van der Waals surface area contributed by atoms with Gasteiger partial charge in [0.2, 0.25) is 5.91 Å². The first-order chi connectivity index (χ1) is 12.3. The van der Waals surface area contributed by atoms with Crippen LogP contribution in [0, 0.1) is 19.3 Å². The van der Waals surface area contributed by atoms with Crippen LogP contribution in [0.1, 0.15) is 31.4 Å². The number of aliphatic imine (C=N–C) groups is 1. The van der Waals surface area contributed by atoms with Crippen LogP contribution in [0.25, 0.3) is 0 Å². The van der Waals surface area contributed by atoms with Gasteiger partial charge in [-0.15, -0.1) is 6.42 Å². The number of nitrogens with two attached hydrogens (primary N) is 1. The molecular formula is C19H26N4O3. The Balaban J connectivity index is 2.90. The molecule has 0 spiro atoms. The molecular weight excluding hydrogens is 332 g/mol. The molecule has 1 atom stereocenters. The van der Waals surface area contributed by atoms with E-state index in [0.717, 1.165) is 17.5 Å². The average molecular weight is 358 g/mol. The Morgan fingerprint density at radius 2 is 2.15 bits per heavy atom. The normalized spacial score (nSPS) is 12.0. The van der Waals surface area contributed by atoms with Gasteiger partial charge in [0, 0.05) is 12.1 Å². The molecule has 0 saturated heterocycles. The fourth-order valence-electron chi connectivity index (χ4n) is 2.36. The Morgan fingerprint density at radius 1 is 1.46 bits per heavy atom. The van der Waals surface area contributed by atoms with E-state index < -0.39 is 12.1 Å². The van der Waals surface area contributed by atoms with E-state index in [2.05, 4.69) is 21.0 Å². The first-order valence-electron chi connectivity index (χ1n) is 8.35. The molecule has 3 N–H and O–H groups in total. The quantitative estimate of drug-likeness (QED) is 0.442. The molecule has 0 bridgehead atoms. The average Bonchev–Trinajstić information content (AvgIpc) is 2.62. The van der Waals surface area contributed by atoms with Crippen LogP contribution in [0.15, 0.2) is 23.2 Å². The zero-order chi connectivity index (χ0) is 19.7. The largest absolute Gasteiger partial charge is 0.453 e. The predicted octanol–water partition coefficient (Wildman–Crippen LogP) is 1.95. The SMILES string of the molecule is C#Cc1ccc(/N=C(\N)CN(CCC)C(=O)[C@H](C)NC(=O)OC)c(C)c1. The molecule has 0 aliphatic heterocycles. The number of carbonyl (C=O) groups is 2. The number of aryl methyl sites for hydroxylation is 1. The lowest BCUT2D eigenvalue weighted by Gasteiger charge is -2.25. The zero-order valence-corrected chi connectivity index (χ0v) is 15.7. The highest BCUT2D eigenvalue weighted by Gasteiger charge is 2.22. The highest BCUT2D eigenvalue weighted by atomic mass is 16.5. The van der Waals surface area contributed by atoms with E-state index in [1.165, 1.54) is 7.11 Å². The molecule has 0 aromatic heterocycles. The molecule has 0 heterocycles. The summed E-state index contributed by atoms with van der Waals surface area (Å²) >= 11 is 0. The highest BCUT2D eigenvalue weighted by molar-refractivity contribution is 5.91. The van der Waals surface area contributed by atoms with Gasteiger partial charge in [-0.25, -0.2) is 9.79 Å². The van der Waals surface area contributed by atoms with E-state index in [4.69, 9.17) is 12.2 Å². The van der Waals surface area contributed by atoms with Crippen LogP contribution >= 0.6 is 0 Å². The fraction of sp³-hybridized carbons (Fsp3) is 0.421. The number of ether oxygens (including phenoxy) is 1. The summed E-state index contributed by atoms with van der Waals surface area (Å²) in [6.07, 6.45) is 5.47. The molecule has 0 radical (unpaired) electrons. The molecule has 0 fully saturated rings. The van der Waals surface area contributed by atoms with Crippen molar-refractivity contribution in [3.63, 3.8) is 0 Å². The maximum atomic E-state index is 12.5. The van der Waals surface area contributed by atoms with Crippen molar-refractivity contribution in [1.82, 2.24) is 10.2 Å². The third-order valence-electron chi connectivity index (χ3n) is 3.68. The third-order valence-corrected chi connectivity index (χ3v) is 3.68. The molecule has 0 unspecified atom stereocenters. The highest BCUT2D eigenvalue weighted by Crippen LogP contribution is 2.19. The molecule has 1 aromatic rings. The van der Waals surface area contributed by atoms with E-state index in [-0.39, 0.29) is 12.5 Å². The second-order valence-electron chi connectivity index (χ2n) is 5.87. The van der Waals surface area contributed by atoms with Gasteiger partial charge in [-0.2, -0.15) is 0 Å². The summed E-state index contributed by atoms with van der Waals surface area (Å²) in [5.74, 6) is 2.61. The van der Waals surface area contributed by atoms with Gasteiger partial charge in [0.15, 0.2) is 0 Å². The van der Waals surface area contributed by atoms with Crippen LogP contribution in [-0.2, 0) is 9.53 Å². The smallest absolute Gasteiger partial charge is 0.407 e. The fourth-order valence-corrected chi connectivity index (χ4v) is 2.36. The van der Waals surface area contributed by atoms with Crippen molar-refractivity contribution >= 4 is 23.5 Å². The zero-order valence-electron chi connectivity index (χ0n) is 15.7. The van der Waals surface area contributed by atoms with Crippen LogP contribution in [-0.4, -0.2) is 49.0 Å². The number of amides is 2.